The first-order valence-corrected chi connectivity index (χ1v) is 6.65. The fourth-order valence-electron chi connectivity index (χ4n) is 1.76. The van der Waals surface area contributed by atoms with Crippen LogP contribution in [0, 0.1) is 0 Å². The van der Waals surface area contributed by atoms with E-state index in [-0.39, 0.29) is 0 Å². The second-order valence-corrected chi connectivity index (χ2v) is 5.40. The molecule has 3 aromatic rings. The van der Waals surface area contributed by atoms with Crippen molar-refractivity contribution in [2.24, 2.45) is 0 Å². The van der Waals surface area contributed by atoms with Crippen molar-refractivity contribution in [2.75, 3.05) is 5.73 Å². The molecule has 0 saturated heterocycles. The van der Waals surface area contributed by atoms with E-state index in [1.807, 2.05) is 48.0 Å². The lowest BCUT2D eigenvalue weighted by atomic mass is 10.2. The number of anilines is 1. The molecule has 0 aliphatic rings. The number of benzene rings is 1. The highest BCUT2D eigenvalue weighted by molar-refractivity contribution is 7.14. The first-order valence-electron chi connectivity index (χ1n) is 5.39. The molecule has 0 bridgehead atoms. The van der Waals surface area contributed by atoms with Crippen molar-refractivity contribution in [1.29, 1.82) is 0 Å². The monoisotopic (exact) mass is 275 g/mol. The molecule has 0 unspecified atom stereocenters. The van der Waals surface area contributed by atoms with Crippen LogP contribution in [0.2, 0.25) is 4.34 Å². The second-order valence-electron chi connectivity index (χ2n) is 3.85. The second kappa shape index (κ2) is 4.48. The molecule has 2 N–H and O–H groups in total. The van der Waals surface area contributed by atoms with E-state index < -0.39 is 0 Å². The predicted octanol–water partition coefficient (Wildman–Crippen LogP) is 3.84. The van der Waals surface area contributed by atoms with Gasteiger partial charge in [0.05, 0.1) is 21.9 Å². The van der Waals surface area contributed by atoms with Crippen LogP contribution in [0.1, 0.15) is 0 Å². The van der Waals surface area contributed by atoms with Crippen LogP contribution in [0.15, 0.2) is 48.0 Å². The number of rotatable bonds is 2. The summed E-state index contributed by atoms with van der Waals surface area (Å²) in [6.45, 7) is 0. The zero-order chi connectivity index (χ0) is 12.5. The van der Waals surface area contributed by atoms with Gasteiger partial charge in [-0.05, 0) is 18.2 Å². The summed E-state index contributed by atoms with van der Waals surface area (Å²) in [5, 5.41) is 6.46. The van der Waals surface area contributed by atoms with Crippen LogP contribution in [0.5, 0.6) is 0 Å². The fraction of sp³-hybridized carbons (Fsp3) is 0. The molecule has 0 spiro atoms. The minimum atomic E-state index is 0.647. The van der Waals surface area contributed by atoms with Crippen LogP contribution < -0.4 is 5.73 Å². The van der Waals surface area contributed by atoms with Crippen molar-refractivity contribution in [3.8, 4) is 16.9 Å². The van der Waals surface area contributed by atoms with Gasteiger partial charge in [0, 0.05) is 10.9 Å². The molecule has 3 nitrogen and oxygen atoms in total. The van der Waals surface area contributed by atoms with Gasteiger partial charge in [0.2, 0.25) is 0 Å². The topological polar surface area (TPSA) is 43.8 Å². The Morgan fingerprint density at radius 3 is 2.67 bits per heavy atom. The molecule has 2 heterocycles. The smallest absolute Gasteiger partial charge is 0.117 e. The summed E-state index contributed by atoms with van der Waals surface area (Å²) in [7, 11) is 0. The quantitative estimate of drug-likeness (QED) is 0.772. The highest BCUT2D eigenvalue weighted by atomic mass is 35.5. The highest BCUT2D eigenvalue weighted by Gasteiger charge is 2.11. The first-order chi connectivity index (χ1) is 8.74. The molecule has 0 atom stereocenters. The number of aromatic nitrogens is 2. The maximum Gasteiger partial charge on any atom is 0.117 e. The number of hydrogen-bond donors (Lipinski definition) is 1. The van der Waals surface area contributed by atoms with E-state index in [1.165, 1.54) is 11.3 Å². The summed E-state index contributed by atoms with van der Waals surface area (Å²) in [6.07, 6.45) is 1.82. The average molecular weight is 276 g/mol. The Balaban J connectivity index is 2.06. The summed E-state index contributed by atoms with van der Waals surface area (Å²) in [4.78, 5) is 0. The molecule has 0 saturated carbocycles. The molecule has 0 aliphatic carbocycles. The van der Waals surface area contributed by atoms with Crippen LogP contribution in [-0.4, -0.2) is 9.78 Å². The summed E-state index contributed by atoms with van der Waals surface area (Å²) in [5.41, 5.74) is 9.35. The predicted molar refractivity (Wildman–Crippen MR) is 76.3 cm³/mol. The average Bonchev–Trinajstić information content (AvgIpc) is 2.97. The van der Waals surface area contributed by atoms with Crippen LogP contribution in [0.4, 0.5) is 5.69 Å². The van der Waals surface area contributed by atoms with Crippen molar-refractivity contribution in [2.45, 2.75) is 0 Å². The summed E-state index contributed by atoms with van der Waals surface area (Å²) < 4.78 is 2.51. The third-order valence-electron chi connectivity index (χ3n) is 2.60. The van der Waals surface area contributed by atoms with Crippen molar-refractivity contribution in [1.82, 2.24) is 9.78 Å². The van der Waals surface area contributed by atoms with Crippen LogP contribution in [-0.2, 0) is 0 Å². The molecule has 1 aromatic carbocycles. The van der Waals surface area contributed by atoms with E-state index in [0.29, 0.717) is 5.69 Å². The molecule has 90 valence electrons. The van der Waals surface area contributed by atoms with E-state index in [2.05, 4.69) is 5.10 Å². The zero-order valence-corrected chi connectivity index (χ0v) is 10.9. The van der Waals surface area contributed by atoms with E-state index >= 15 is 0 Å². The lowest BCUT2D eigenvalue weighted by Gasteiger charge is -1.98. The van der Waals surface area contributed by atoms with Gasteiger partial charge in [-0.2, -0.15) is 5.10 Å². The van der Waals surface area contributed by atoms with E-state index in [1.54, 1.807) is 4.68 Å². The lowest BCUT2D eigenvalue weighted by Crippen LogP contribution is -1.93. The Labute approximate surface area is 113 Å². The Kier molecular flexibility index (Phi) is 2.81. The SMILES string of the molecule is Nc1cn(-c2ccccc2)nc1-c1csc(Cl)c1. The Morgan fingerprint density at radius 1 is 1.22 bits per heavy atom. The number of halogens is 1. The van der Waals surface area contributed by atoms with E-state index in [4.69, 9.17) is 17.3 Å². The van der Waals surface area contributed by atoms with Gasteiger partial charge in [-0.3, -0.25) is 0 Å². The Morgan fingerprint density at radius 2 is 2.00 bits per heavy atom. The third kappa shape index (κ3) is 2.00. The van der Waals surface area contributed by atoms with Crippen molar-refractivity contribution < 1.29 is 0 Å². The molecule has 3 rings (SSSR count). The Bertz CT molecular complexity index is 673. The lowest BCUT2D eigenvalue weighted by molar-refractivity contribution is 0.885. The minimum Gasteiger partial charge on any atom is -0.396 e. The van der Waals surface area contributed by atoms with Crippen molar-refractivity contribution in [3.05, 3.63) is 52.3 Å². The van der Waals surface area contributed by atoms with Crippen LogP contribution in [0.3, 0.4) is 0 Å². The maximum absolute atomic E-state index is 6.00. The fourth-order valence-corrected chi connectivity index (χ4v) is 2.62. The summed E-state index contributed by atoms with van der Waals surface area (Å²) in [5.74, 6) is 0. The number of hydrogen-bond acceptors (Lipinski definition) is 3. The molecular formula is C13H10ClN3S. The molecule has 2 aromatic heterocycles. The van der Waals surface area contributed by atoms with Crippen molar-refractivity contribution >= 4 is 28.6 Å². The van der Waals surface area contributed by atoms with Gasteiger partial charge in [0.25, 0.3) is 0 Å². The molecule has 0 aliphatic heterocycles. The van der Waals surface area contributed by atoms with Crippen molar-refractivity contribution in [3.63, 3.8) is 0 Å². The van der Waals surface area contributed by atoms with E-state index in [9.17, 15) is 0 Å². The van der Waals surface area contributed by atoms with Gasteiger partial charge in [-0.25, -0.2) is 4.68 Å². The number of thiophene rings is 1. The first kappa shape index (κ1) is 11.3. The number of nitrogens with two attached hydrogens (primary N) is 1. The molecule has 0 fully saturated rings. The zero-order valence-electron chi connectivity index (χ0n) is 9.38. The van der Waals surface area contributed by atoms with Crippen LogP contribution >= 0.6 is 22.9 Å². The molecule has 18 heavy (non-hydrogen) atoms. The van der Waals surface area contributed by atoms with Gasteiger partial charge < -0.3 is 5.73 Å². The summed E-state index contributed by atoms with van der Waals surface area (Å²) in [6, 6.07) is 11.7. The Hall–Kier alpha value is -1.78. The van der Waals surface area contributed by atoms with Gasteiger partial charge >= 0.3 is 0 Å². The number of para-hydroxylation sites is 1. The minimum absolute atomic E-state index is 0.647. The van der Waals surface area contributed by atoms with Gasteiger partial charge in [0.1, 0.15) is 5.69 Å². The molecular weight excluding hydrogens is 266 g/mol. The maximum atomic E-state index is 6.00. The van der Waals surface area contributed by atoms with Gasteiger partial charge in [0.15, 0.2) is 0 Å². The molecule has 0 radical (unpaired) electrons. The number of nitrogen functional groups attached to an aromatic ring is 1. The molecule has 0 amide bonds. The largest absolute Gasteiger partial charge is 0.396 e. The van der Waals surface area contributed by atoms with Crippen LogP contribution in [0.25, 0.3) is 16.9 Å². The molecule has 5 heteroatoms. The van der Waals surface area contributed by atoms with Gasteiger partial charge in [-0.15, -0.1) is 11.3 Å². The highest BCUT2D eigenvalue weighted by Crippen LogP contribution is 2.31. The standard InChI is InChI=1S/C13H10ClN3S/c14-12-6-9(8-18-12)13-11(15)7-17(16-13)10-4-2-1-3-5-10/h1-8H,15H2. The summed E-state index contributed by atoms with van der Waals surface area (Å²) >= 11 is 7.40. The third-order valence-corrected chi connectivity index (χ3v) is 3.70. The van der Waals surface area contributed by atoms with E-state index in [0.717, 1.165) is 21.3 Å². The van der Waals surface area contributed by atoms with Gasteiger partial charge in [-0.1, -0.05) is 29.8 Å². The number of nitrogens with zero attached hydrogens (tertiary/aromatic N) is 2. The normalized spacial score (nSPS) is 10.7.